The summed E-state index contributed by atoms with van der Waals surface area (Å²) in [6.45, 7) is 8.62. The molecule has 1 fully saturated rings. The number of carbonyl (C=O) groups excluding carboxylic acids is 1. The van der Waals surface area contributed by atoms with E-state index in [4.69, 9.17) is 11.6 Å². The second-order valence-electron chi connectivity index (χ2n) is 6.85. The van der Waals surface area contributed by atoms with Crippen molar-refractivity contribution in [3.63, 3.8) is 0 Å². The molecule has 0 saturated heterocycles. The number of halogens is 3. The summed E-state index contributed by atoms with van der Waals surface area (Å²) in [6.07, 6.45) is 4.83. The first kappa shape index (κ1) is 16.0. The van der Waals surface area contributed by atoms with Crippen LogP contribution >= 0.6 is 43.5 Å². The standard InChI is InChI=1S/C15H21Br2ClO/c1-9-7-10(19)12(17)13(2,3)15(9)6-5-14(4,18)11(16)8-15/h7,11-12H,5-6,8H2,1-4H3. The van der Waals surface area contributed by atoms with Gasteiger partial charge in [-0.3, -0.25) is 4.79 Å². The summed E-state index contributed by atoms with van der Waals surface area (Å²) < 4.78 is 0. The highest BCUT2D eigenvalue weighted by atomic mass is 79.9. The van der Waals surface area contributed by atoms with Crippen molar-refractivity contribution in [3.8, 4) is 0 Å². The first-order chi connectivity index (χ1) is 8.54. The molecule has 1 nitrogen and oxygen atoms in total. The highest BCUT2D eigenvalue weighted by Gasteiger charge is 2.58. The summed E-state index contributed by atoms with van der Waals surface area (Å²) in [4.78, 5) is 12.1. The quantitative estimate of drug-likeness (QED) is 0.498. The molecule has 4 unspecified atom stereocenters. The van der Waals surface area contributed by atoms with Crippen LogP contribution in [0.5, 0.6) is 0 Å². The molecule has 0 bridgehead atoms. The lowest BCUT2D eigenvalue weighted by Gasteiger charge is -2.57. The molecular formula is C15H21Br2ClO. The van der Waals surface area contributed by atoms with Gasteiger partial charge in [0.1, 0.15) is 0 Å². The van der Waals surface area contributed by atoms with Crippen LogP contribution in [0.2, 0.25) is 0 Å². The number of rotatable bonds is 0. The predicted octanol–water partition coefficient (Wildman–Crippen LogP) is 5.24. The number of carbonyl (C=O) groups is 1. The Balaban J connectivity index is 2.48. The first-order valence-electron chi connectivity index (χ1n) is 6.74. The molecule has 2 rings (SSSR count). The van der Waals surface area contributed by atoms with Gasteiger partial charge in [-0.25, -0.2) is 0 Å². The van der Waals surface area contributed by atoms with Crippen molar-refractivity contribution >= 4 is 49.2 Å². The van der Waals surface area contributed by atoms with Crippen molar-refractivity contribution in [1.29, 1.82) is 0 Å². The Morgan fingerprint density at radius 1 is 1.26 bits per heavy atom. The Morgan fingerprint density at radius 2 is 1.84 bits per heavy atom. The van der Waals surface area contributed by atoms with E-state index in [1.165, 1.54) is 5.57 Å². The van der Waals surface area contributed by atoms with Gasteiger partial charge in [0.25, 0.3) is 0 Å². The molecule has 1 spiro atoms. The number of alkyl halides is 3. The normalized spacial score (nSPS) is 46.3. The van der Waals surface area contributed by atoms with Crippen LogP contribution in [0.25, 0.3) is 0 Å². The van der Waals surface area contributed by atoms with E-state index in [9.17, 15) is 4.79 Å². The molecule has 2 aliphatic carbocycles. The van der Waals surface area contributed by atoms with Gasteiger partial charge in [-0.05, 0) is 50.0 Å². The molecule has 0 heterocycles. The maximum atomic E-state index is 12.1. The fraction of sp³-hybridized carbons (Fsp3) is 0.800. The molecule has 4 atom stereocenters. The molecule has 4 heteroatoms. The zero-order valence-electron chi connectivity index (χ0n) is 11.9. The monoisotopic (exact) mass is 410 g/mol. The van der Waals surface area contributed by atoms with Crippen LogP contribution in [-0.2, 0) is 4.79 Å². The van der Waals surface area contributed by atoms with Crippen LogP contribution in [0.4, 0.5) is 0 Å². The summed E-state index contributed by atoms with van der Waals surface area (Å²) in [5, 5.41) is 0. The molecular weight excluding hydrogens is 391 g/mol. The number of allylic oxidation sites excluding steroid dienone is 2. The van der Waals surface area contributed by atoms with Gasteiger partial charge in [-0.2, -0.15) is 0 Å². The second-order valence-corrected chi connectivity index (χ2v) is 9.73. The summed E-state index contributed by atoms with van der Waals surface area (Å²) in [5.41, 5.74) is 1.18. The Bertz CT molecular complexity index is 441. The SMILES string of the molecule is CC1=CC(=O)C(Br)C(C)(C)C12CCC(C)(Cl)C(Br)C2. The summed E-state index contributed by atoms with van der Waals surface area (Å²) in [6, 6.07) is 0. The second kappa shape index (κ2) is 4.84. The smallest absolute Gasteiger partial charge is 0.169 e. The molecule has 0 N–H and O–H groups in total. The highest BCUT2D eigenvalue weighted by molar-refractivity contribution is 9.10. The van der Waals surface area contributed by atoms with Crippen LogP contribution in [0.3, 0.4) is 0 Å². The van der Waals surface area contributed by atoms with Gasteiger partial charge in [0.2, 0.25) is 0 Å². The molecule has 2 aliphatic rings. The average Bonchev–Trinajstić information content (AvgIpc) is 2.29. The van der Waals surface area contributed by atoms with Crippen LogP contribution in [0.15, 0.2) is 11.6 Å². The van der Waals surface area contributed by atoms with Crippen molar-refractivity contribution in [3.05, 3.63) is 11.6 Å². The summed E-state index contributed by atoms with van der Waals surface area (Å²) in [5.74, 6) is 0.193. The van der Waals surface area contributed by atoms with Gasteiger partial charge in [0.15, 0.2) is 5.78 Å². The third kappa shape index (κ3) is 2.28. The van der Waals surface area contributed by atoms with E-state index in [0.717, 1.165) is 19.3 Å². The Hall–Kier alpha value is 0.660. The van der Waals surface area contributed by atoms with Crippen molar-refractivity contribution in [2.45, 2.75) is 61.5 Å². The zero-order chi connectivity index (χ0) is 14.6. The molecule has 19 heavy (non-hydrogen) atoms. The molecule has 0 amide bonds. The lowest BCUT2D eigenvalue weighted by atomic mass is 9.51. The molecule has 108 valence electrons. The molecule has 0 radical (unpaired) electrons. The van der Waals surface area contributed by atoms with E-state index >= 15 is 0 Å². The molecule has 0 aliphatic heterocycles. The first-order valence-corrected chi connectivity index (χ1v) is 8.95. The highest BCUT2D eigenvalue weighted by Crippen LogP contribution is 2.62. The van der Waals surface area contributed by atoms with Crippen molar-refractivity contribution in [2.24, 2.45) is 10.8 Å². The molecule has 0 aromatic rings. The Labute approximate surface area is 137 Å². The van der Waals surface area contributed by atoms with Crippen LogP contribution in [0, 0.1) is 10.8 Å². The number of hydrogen-bond donors (Lipinski definition) is 0. The predicted molar refractivity (Wildman–Crippen MR) is 88.5 cm³/mol. The minimum absolute atomic E-state index is 0.0532. The molecule has 0 aromatic heterocycles. The van der Waals surface area contributed by atoms with E-state index in [1.54, 1.807) is 0 Å². The maximum absolute atomic E-state index is 12.1. The van der Waals surface area contributed by atoms with E-state index in [1.807, 2.05) is 6.08 Å². The minimum atomic E-state index is -0.190. The zero-order valence-corrected chi connectivity index (χ0v) is 15.8. The minimum Gasteiger partial charge on any atom is -0.294 e. The van der Waals surface area contributed by atoms with Crippen molar-refractivity contribution in [1.82, 2.24) is 0 Å². The van der Waals surface area contributed by atoms with Gasteiger partial charge in [0.05, 0.1) is 9.70 Å². The van der Waals surface area contributed by atoms with Gasteiger partial charge < -0.3 is 0 Å². The fourth-order valence-electron chi connectivity index (χ4n) is 3.71. The van der Waals surface area contributed by atoms with Crippen molar-refractivity contribution < 1.29 is 4.79 Å². The van der Waals surface area contributed by atoms with E-state index in [-0.39, 0.29) is 31.1 Å². The van der Waals surface area contributed by atoms with E-state index < -0.39 is 0 Å². The molecule has 1 saturated carbocycles. The molecule has 0 aromatic carbocycles. The Kier molecular flexibility index (Phi) is 4.09. The van der Waals surface area contributed by atoms with E-state index in [0.29, 0.717) is 0 Å². The topological polar surface area (TPSA) is 17.1 Å². The Morgan fingerprint density at radius 3 is 2.37 bits per heavy atom. The van der Waals surface area contributed by atoms with Crippen LogP contribution in [0.1, 0.15) is 47.0 Å². The number of ketones is 1. The van der Waals surface area contributed by atoms with Gasteiger partial charge in [-0.15, -0.1) is 11.6 Å². The van der Waals surface area contributed by atoms with Crippen LogP contribution < -0.4 is 0 Å². The average molecular weight is 413 g/mol. The number of hydrogen-bond acceptors (Lipinski definition) is 1. The summed E-state index contributed by atoms with van der Waals surface area (Å²) in [7, 11) is 0. The van der Waals surface area contributed by atoms with Gasteiger partial charge in [-0.1, -0.05) is 51.3 Å². The summed E-state index contributed by atoms with van der Waals surface area (Å²) >= 11 is 14.0. The van der Waals surface area contributed by atoms with Crippen molar-refractivity contribution in [2.75, 3.05) is 0 Å². The van der Waals surface area contributed by atoms with Gasteiger partial charge in [0, 0.05) is 4.83 Å². The third-order valence-corrected chi connectivity index (χ3v) is 9.10. The lowest BCUT2D eigenvalue weighted by molar-refractivity contribution is -0.119. The maximum Gasteiger partial charge on any atom is 0.169 e. The third-order valence-electron chi connectivity index (χ3n) is 5.45. The van der Waals surface area contributed by atoms with Crippen LogP contribution in [-0.4, -0.2) is 20.3 Å². The van der Waals surface area contributed by atoms with E-state index in [2.05, 4.69) is 59.6 Å². The van der Waals surface area contributed by atoms with Gasteiger partial charge >= 0.3 is 0 Å². The largest absolute Gasteiger partial charge is 0.294 e. The fourth-order valence-corrected chi connectivity index (χ4v) is 5.23. The lowest BCUT2D eigenvalue weighted by Crippen LogP contribution is -2.55.